The monoisotopic (exact) mass is 367 g/mol. The van der Waals surface area contributed by atoms with E-state index in [1.165, 1.54) is 7.11 Å². The maximum Gasteiger partial charge on any atom is 0.357 e. The molecule has 1 aromatic carbocycles. The summed E-state index contributed by atoms with van der Waals surface area (Å²) in [5, 5.41) is 9.03. The molecular formula is C13H10IN3O2. The van der Waals surface area contributed by atoms with Crippen LogP contribution in [0.5, 0.6) is 0 Å². The number of rotatable bonds is 2. The quantitative estimate of drug-likeness (QED) is 0.653. The van der Waals surface area contributed by atoms with E-state index in [1.54, 1.807) is 10.8 Å². The fourth-order valence-corrected chi connectivity index (χ4v) is 2.40. The van der Waals surface area contributed by atoms with Crippen molar-refractivity contribution >= 4 is 34.2 Å². The zero-order valence-corrected chi connectivity index (χ0v) is 12.2. The number of hydrogen-bond acceptors (Lipinski definition) is 4. The minimum absolute atomic E-state index is 0.133. The molecule has 1 aromatic heterocycles. The van der Waals surface area contributed by atoms with E-state index in [0.717, 1.165) is 9.26 Å². The summed E-state index contributed by atoms with van der Waals surface area (Å²) >= 11 is 2.15. The topological polar surface area (TPSA) is 81.0 Å². The van der Waals surface area contributed by atoms with Gasteiger partial charge in [0.05, 0.1) is 24.0 Å². The first-order valence-electron chi connectivity index (χ1n) is 5.34. The van der Waals surface area contributed by atoms with Gasteiger partial charge < -0.3 is 15.0 Å². The number of esters is 1. The number of halogens is 1. The van der Waals surface area contributed by atoms with Crippen LogP contribution in [0.2, 0.25) is 0 Å². The Bertz CT molecular complexity index is 686. The van der Waals surface area contributed by atoms with Gasteiger partial charge in [-0.25, -0.2) is 4.79 Å². The number of methoxy groups -OCH3 is 1. The number of nitriles is 1. The molecule has 0 bridgehead atoms. The Hall–Kier alpha value is -2.01. The van der Waals surface area contributed by atoms with Crippen molar-refractivity contribution in [2.24, 2.45) is 0 Å². The third-order valence-electron chi connectivity index (χ3n) is 2.66. The van der Waals surface area contributed by atoms with Crippen molar-refractivity contribution in [2.75, 3.05) is 12.8 Å². The van der Waals surface area contributed by atoms with Gasteiger partial charge in [0.15, 0.2) is 5.69 Å². The number of hydrogen-bond donors (Lipinski definition) is 1. The number of nitrogens with zero attached hydrogens (tertiary/aromatic N) is 2. The largest absolute Gasteiger partial charge is 0.464 e. The first kappa shape index (κ1) is 13.4. The molecule has 1 heterocycles. The summed E-state index contributed by atoms with van der Waals surface area (Å²) in [4.78, 5) is 11.8. The Balaban J connectivity index is 2.74. The lowest BCUT2D eigenvalue weighted by molar-refractivity contribution is 0.0593. The number of nitrogen functional groups attached to an aromatic ring is 1. The summed E-state index contributed by atoms with van der Waals surface area (Å²) in [5.74, 6) is -0.571. The van der Waals surface area contributed by atoms with Gasteiger partial charge in [0.25, 0.3) is 0 Å². The van der Waals surface area contributed by atoms with E-state index < -0.39 is 5.97 Å². The molecule has 0 radical (unpaired) electrons. The van der Waals surface area contributed by atoms with Crippen LogP contribution in [0.15, 0.2) is 30.5 Å². The number of benzene rings is 1. The zero-order chi connectivity index (χ0) is 14.0. The molecule has 0 saturated heterocycles. The molecule has 2 N–H and O–H groups in total. The van der Waals surface area contributed by atoms with Gasteiger partial charge in [-0.1, -0.05) is 12.1 Å². The average Bonchev–Trinajstić information content (AvgIpc) is 2.75. The van der Waals surface area contributed by atoms with Crippen LogP contribution in [0.1, 0.15) is 16.1 Å². The summed E-state index contributed by atoms with van der Waals surface area (Å²) in [7, 11) is 1.28. The molecule has 0 aliphatic rings. The molecule has 96 valence electrons. The average molecular weight is 367 g/mol. The molecule has 2 aromatic rings. The van der Waals surface area contributed by atoms with E-state index in [0.29, 0.717) is 0 Å². The highest BCUT2D eigenvalue weighted by Crippen LogP contribution is 2.26. The minimum atomic E-state index is -0.571. The Labute approximate surface area is 123 Å². The van der Waals surface area contributed by atoms with Crippen molar-refractivity contribution in [1.29, 1.82) is 5.26 Å². The maximum absolute atomic E-state index is 11.8. The number of para-hydroxylation sites is 1. The highest BCUT2D eigenvalue weighted by Gasteiger charge is 2.22. The SMILES string of the molecule is COC(=O)c1c(N)c(C#N)cn1-c1ccccc1I. The van der Waals surface area contributed by atoms with Gasteiger partial charge in [-0.2, -0.15) is 5.26 Å². The molecule has 5 nitrogen and oxygen atoms in total. The Kier molecular flexibility index (Phi) is 3.76. The van der Waals surface area contributed by atoms with Gasteiger partial charge in [-0.05, 0) is 34.7 Å². The third-order valence-corrected chi connectivity index (χ3v) is 3.57. The number of carbonyl (C=O) groups is 1. The van der Waals surface area contributed by atoms with E-state index in [-0.39, 0.29) is 16.9 Å². The van der Waals surface area contributed by atoms with Gasteiger partial charge >= 0.3 is 5.97 Å². The van der Waals surface area contributed by atoms with Gasteiger partial charge in [0.1, 0.15) is 6.07 Å². The van der Waals surface area contributed by atoms with Gasteiger partial charge in [-0.3, -0.25) is 0 Å². The van der Waals surface area contributed by atoms with Gasteiger partial charge in [-0.15, -0.1) is 0 Å². The molecule has 2 rings (SSSR count). The predicted molar refractivity (Wildman–Crippen MR) is 79.0 cm³/mol. The number of ether oxygens (including phenoxy) is 1. The Morgan fingerprint density at radius 3 is 2.74 bits per heavy atom. The van der Waals surface area contributed by atoms with Crippen molar-refractivity contribution in [3.63, 3.8) is 0 Å². The fraction of sp³-hybridized carbons (Fsp3) is 0.0769. The van der Waals surface area contributed by atoms with Crippen molar-refractivity contribution < 1.29 is 9.53 Å². The lowest BCUT2D eigenvalue weighted by Crippen LogP contribution is -2.11. The predicted octanol–water partition coefficient (Wildman–Crippen LogP) is 2.32. The molecule has 0 saturated carbocycles. The van der Waals surface area contributed by atoms with Crippen LogP contribution < -0.4 is 5.73 Å². The summed E-state index contributed by atoms with van der Waals surface area (Å²) in [6.45, 7) is 0. The van der Waals surface area contributed by atoms with Crippen LogP contribution in [0, 0.1) is 14.9 Å². The van der Waals surface area contributed by atoms with E-state index >= 15 is 0 Å². The number of aromatic nitrogens is 1. The second kappa shape index (κ2) is 5.32. The number of carbonyl (C=O) groups excluding carboxylic acids is 1. The fourth-order valence-electron chi connectivity index (χ4n) is 1.75. The van der Waals surface area contributed by atoms with Crippen molar-refractivity contribution in [2.45, 2.75) is 0 Å². The lowest BCUT2D eigenvalue weighted by Gasteiger charge is -2.09. The van der Waals surface area contributed by atoms with E-state index in [4.69, 9.17) is 15.7 Å². The Morgan fingerprint density at radius 1 is 1.47 bits per heavy atom. The van der Waals surface area contributed by atoms with Gasteiger partial charge in [0, 0.05) is 9.77 Å². The third kappa shape index (κ3) is 2.29. The number of nitrogens with two attached hydrogens (primary N) is 1. The van der Waals surface area contributed by atoms with Crippen LogP contribution in [-0.4, -0.2) is 17.6 Å². The summed E-state index contributed by atoms with van der Waals surface area (Å²) < 4.78 is 7.25. The summed E-state index contributed by atoms with van der Waals surface area (Å²) in [5.41, 5.74) is 7.16. The van der Waals surface area contributed by atoms with Crippen LogP contribution >= 0.6 is 22.6 Å². The van der Waals surface area contributed by atoms with Crippen molar-refractivity contribution in [3.05, 3.63) is 45.3 Å². The molecule has 19 heavy (non-hydrogen) atoms. The normalized spacial score (nSPS) is 9.95. The maximum atomic E-state index is 11.8. The molecular weight excluding hydrogens is 357 g/mol. The molecule has 0 aliphatic carbocycles. The molecule has 0 fully saturated rings. The van der Waals surface area contributed by atoms with E-state index in [9.17, 15) is 4.79 Å². The Morgan fingerprint density at radius 2 is 2.16 bits per heavy atom. The van der Waals surface area contributed by atoms with Crippen LogP contribution in [0.25, 0.3) is 5.69 Å². The first-order chi connectivity index (χ1) is 9.10. The van der Waals surface area contributed by atoms with E-state index in [2.05, 4.69) is 22.6 Å². The first-order valence-corrected chi connectivity index (χ1v) is 6.42. The minimum Gasteiger partial charge on any atom is -0.464 e. The summed E-state index contributed by atoms with van der Waals surface area (Å²) in [6, 6.07) is 9.45. The molecule has 0 unspecified atom stereocenters. The van der Waals surface area contributed by atoms with Crippen molar-refractivity contribution in [3.8, 4) is 11.8 Å². The standard InChI is InChI=1S/C13H10IN3O2/c1-19-13(18)12-11(16)8(6-15)7-17(12)10-5-3-2-4-9(10)14/h2-5,7H,16H2,1H3. The summed E-state index contributed by atoms with van der Waals surface area (Å²) in [6.07, 6.45) is 1.54. The molecule has 0 amide bonds. The van der Waals surface area contributed by atoms with Crippen LogP contribution in [0.4, 0.5) is 5.69 Å². The number of anilines is 1. The van der Waals surface area contributed by atoms with Crippen LogP contribution in [0.3, 0.4) is 0 Å². The lowest BCUT2D eigenvalue weighted by atomic mass is 10.2. The molecule has 6 heteroatoms. The highest BCUT2D eigenvalue weighted by molar-refractivity contribution is 14.1. The van der Waals surface area contributed by atoms with Crippen molar-refractivity contribution in [1.82, 2.24) is 4.57 Å². The second-order valence-corrected chi connectivity index (χ2v) is 4.89. The zero-order valence-electron chi connectivity index (χ0n) is 10.1. The molecule has 0 spiro atoms. The molecule has 0 aliphatic heterocycles. The second-order valence-electron chi connectivity index (χ2n) is 3.73. The smallest absolute Gasteiger partial charge is 0.357 e. The van der Waals surface area contributed by atoms with Crippen LogP contribution in [-0.2, 0) is 4.74 Å². The van der Waals surface area contributed by atoms with E-state index in [1.807, 2.05) is 30.3 Å². The van der Waals surface area contributed by atoms with Gasteiger partial charge in [0.2, 0.25) is 0 Å². The highest BCUT2D eigenvalue weighted by atomic mass is 127. The molecule has 0 atom stereocenters.